The number of nitrogens with zero attached hydrogens (tertiary/aromatic N) is 1. The maximum Gasteiger partial charge on any atom is 0.338 e. The van der Waals surface area contributed by atoms with Gasteiger partial charge in [0.2, 0.25) is 0 Å². The molecule has 0 aliphatic carbocycles. The van der Waals surface area contributed by atoms with E-state index in [-0.39, 0.29) is 0 Å². The van der Waals surface area contributed by atoms with Crippen LogP contribution in [0.25, 0.3) is 0 Å². The molecule has 0 aliphatic heterocycles. The summed E-state index contributed by atoms with van der Waals surface area (Å²) in [5, 5.41) is 8.97. The number of esters is 1. The summed E-state index contributed by atoms with van der Waals surface area (Å²) in [6.45, 7) is 3.97. The van der Waals surface area contributed by atoms with Crippen LogP contribution in [-0.4, -0.2) is 12.6 Å². The summed E-state index contributed by atoms with van der Waals surface area (Å²) in [6.07, 6.45) is 0.616. The van der Waals surface area contributed by atoms with Gasteiger partial charge in [-0.15, -0.1) is 12.6 Å². The first-order chi connectivity index (χ1) is 7.63. The molecule has 0 heterocycles. The van der Waals surface area contributed by atoms with E-state index >= 15 is 0 Å². The average Bonchev–Trinajstić information content (AvgIpc) is 2.28. The molecule has 0 N–H and O–H groups in total. The summed E-state index contributed by atoms with van der Waals surface area (Å²) in [6, 6.07) is 5.37. The van der Waals surface area contributed by atoms with E-state index in [0.29, 0.717) is 29.1 Å². The van der Waals surface area contributed by atoms with Crippen LogP contribution in [0.4, 0.5) is 0 Å². The van der Waals surface area contributed by atoms with E-state index in [9.17, 15) is 4.79 Å². The van der Waals surface area contributed by atoms with Crippen molar-refractivity contribution in [3.05, 3.63) is 28.8 Å². The van der Waals surface area contributed by atoms with Gasteiger partial charge in [-0.05, 0) is 31.0 Å². The standard InChI is InChI=1S/C12H13NO2S/c1-3-10-8(7-13)5-9(16)6-11(10)12(14)15-4-2/h5-6,16H,3-4H2,1-2H3. The van der Waals surface area contributed by atoms with Crippen molar-refractivity contribution in [2.45, 2.75) is 25.2 Å². The topological polar surface area (TPSA) is 50.1 Å². The van der Waals surface area contributed by atoms with Gasteiger partial charge in [-0.2, -0.15) is 5.26 Å². The van der Waals surface area contributed by atoms with Crippen molar-refractivity contribution < 1.29 is 9.53 Å². The molecule has 0 saturated carbocycles. The molecule has 0 aliphatic rings. The van der Waals surface area contributed by atoms with E-state index in [2.05, 4.69) is 18.7 Å². The lowest BCUT2D eigenvalue weighted by atomic mass is 9.99. The smallest absolute Gasteiger partial charge is 0.338 e. The second kappa shape index (κ2) is 5.57. The molecule has 0 saturated heterocycles. The lowest BCUT2D eigenvalue weighted by Crippen LogP contribution is -2.09. The van der Waals surface area contributed by atoms with Crippen molar-refractivity contribution in [2.24, 2.45) is 0 Å². The van der Waals surface area contributed by atoms with E-state index < -0.39 is 5.97 Å². The second-order valence-electron chi connectivity index (χ2n) is 3.21. The van der Waals surface area contributed by atoms with Crippen LogP contribution in [0.3, 0.4) is 0 Å². The van der Waals surface area contributed by atoms with Crippen molar-refractivity contribution in [1.82, 2.24) is 0 Å². The molecular weight excluding hydrogens is 222 g/mol. The number of rotatable bonds is 3. The molecule has 16 heavy (non-hydrogen) atoms. The number of carbonyl (C=O) groups excluding carboxylic acids is 1. The largest absolute Gasteiger partial charge is 0.462 e. The van der Waals surface area contributed by atoms with Crippen molar-refractivity contribution in [3.63, 3.8) is 0 Å². The normalized spacial score (nSPS) is 9.62. The van der Waals surface area contributed by atoms with Gasteiger partial charge in [0.15, 0.2) is 0 Å². The molecule has 3 nitrogen and oxygen atoms in total. The predicted octanol–water partition coefficient (Wildman–Crippen LogP) is 2.59. The molecule has 0 radical (unpaired) electrons. The number of carbonyl (C=O) groups is 1. The molecular formula is C12H13NO2S. The molecule has 0 bridgehead atoms. The van der Waals surface area contributed by atoms with Gasteiger partial charge in [0.05, 0.1) is 23.8 Å². The third-order valence-electron chi connectivity index (χ3n) is 2.20. The van der Waals surface area contributed by atoms with E-state index in [1.165, 1.54) is 0 Å². The van der Waals surface area contributed by atoms with Gasteiger partial charge in [-0.1, -0.05) is 6.92 Å². The van der Waals surface area contributed by atoms with Crippen LogP contribution in [-0.2, 0) is 11.2 Å². The van der Waals surface area contributed by atoms with Crippen LogP contribution in [0.2, 0.25) is 0 Å². The summed E-state index contributed by atoms with van der Waals surface area (Å²) in [5.41, 5.74) is 1.64. The summed E-state index contributed by atoms with van der Waals surface area (Å²) >= 11 is 4.17. The van der Waals surface area contributed by atoms with Crippen LogP contribution < -0.4 is 0 Å². The Kier molecular flexibility index (Phi) is 4.39. The van der Waals surface area contributed by atoms with Gasteiger partial charge in [0.25, 0.3) is 0 Å². The maximum absolute atomic E-state index is 11.7. The van der Waals surface area contributed by atoms with Crippen molar-refractivity contribution in [2.75, 3.05) is 6.61 Å². The lowest BCUT2D eigenvalue weighted by Gasteiger charge is -2.09. The Morgan fingerprint density at radius 3 is 2.69 bits per heavy atom. The van der Waals surface area contributed by atoms with E-state index in [1.54, 1.807) is 19.1 Å². The molecule has 1 aromatic carbocycles. The van der Waals surface area contributed by atoms with Crippen LogP contribution in [0.15, 0.2) is 17.0 Å². The van der Waals surface area contributed by atoms with Crippen LogP contribution in [0.5, 0.6) is 0 Å². The molecule has 1 rings (SSSR count). The molecule has 4 heteroatoms. The summed E-state index contributed by atoms with van der Waals surface area (Å²) in [5.74, 6) is -0.397. The Balaban J connectivity index is 3.32. The van der Waals surface area contributed by atoms with Crippen molar-refractivity contribution in [3.8, 4) is 6.07 Å². The highest BCUT2D eigenvalue weighted by Gasteiger charge is 2.15. The predicted molar refractivity (Wildman–Crippen MR) is 63.7 cm³/mol. The zero-order valence-electron chi connectivity index (χ0n) is 9.28. The SMILES string of the molecule is CCOC(=O)c1cc(S)cc(C#N)c1CC. The third-order valence-corrected chi connectivity index (χ3v) is 2.46. The number of hydrogen-bond acceptors (Lipinski definition) is 4. The fourth-order valence-electron chi connectivity index (χ4n) is 1.53. The zero-order valence-corrected chi connectivity index (χ0v) is 10.2. The Hall–Kier alpha value is -1.47. The highest BCUT2D eigenvalue weighted by atomic mass is 32.1. The molecule has 0 spiro atoms. The molecule has 1 aromatic rings. The Morgan fingerprint density at radius 2 is 2.19 bits per heavy atom. The summed E-state index contributed by atoms with van der Waals surface area (Å²) < 4.78 is 4.94. The van der Waals surface area contributed by atoms with Crippen LogP contribution in [0.1, 0.15) is 35.3 Å². The first-order valence-electron chi connectivity index (χ1n) is 5.07. The lowest BCUT2D eigenvalue weighted by molar-refractivity contribution is 0.0525. The molecule has 0 fully saturated rings. The minimum absolute atomic E-state index is 0.320. The van der Waals surface area contributed by atoms with Crippen molar-refractivity contribution >= 4 is 18.6 Å². The molecule has 0 unspecified atom stereocenters. The van der Waals surface area contributed by atoms with E-state index in [0.717, 1.165) is 5.56 Å². The van der Waals surface area contributed by atoms with Crippen LogP contribution >= 0.6 is 12.6 Å². The van der Waals surface area contributed by atoms with Gasteiger partial charge < -0.3 is 4.74 Å². The molecule has 0 atom stereocenters. The van der Waals surface area contributed by atoms with E-state index in [1.807, 2.05) is 6.92 Å². The number of hydrogen-bond donors (Lipinski definition) is 1. The molecule has 0 amide bonds. The van der Waals surface area contributed by atoms with Gasteiger partial charge >= 0.3 is 5.97 Å². The Labute approximate surface area is 100 Å². The monoisotopic (exact) mass is 235 g/mol. The minimum atomic E-state index is -0.397. The second-order valence-corrected chi connectivity index (χ2v) is 3.72. The fraction of sp³-hybridized carbons (Fsp3) is 0.333. The van der Waals surface area contributed by atoms with Crippen molar-refractivity contribution in [1.29, 1.82) is 5.26 Å². The summed E-state index contributed by atoms with van der Waals surface area (Å²) in [7, 11) is 0. The van der Waals surface area contributed by atoms with Gasteiger partial charge in [-0.3, -0.25) is 0 Å². The van der Waals surface area contributed by atoms with Gasteiger partial charge in [0.1, 0.15) is 0 Å². The Morgan fingerprint density at radius 1 is 1.50 bits per heavy atom. The maximum atomic E-state index is 11.7. The molecule has 84 valence electrons. The number of benzene rings is 1. The molecule has 0 aromatic heterocycles. The first kappa shape index (κ1) is 12.6. The van der Waals surface area contributed by atoms with Gasteiger partial charge in [-0.25, -0.2) is 4.79 Å². The number of ether oxygens (including phenoxy) is 1. The first-order valence-corrected chi connectivity index (χ1v) is 5.51. The minimum Gasteiger partial charge on any atom is -0.462 e. The summed E-state index contributed by atoms with van der Waals surface area (Å²) in [4.78, 5) is 12.3. The highest BCUT2D eigenvalue weighted by molar-refractivity contribution is 7.80. The highest BCUT2D eigenvalue weighted by Crippen LogP contribution is 2.21. The number of thiol groups is 1. The Bertz CT molecular complexity index is 449. The van der Waals surface area contributed by atoms with Gasteiger partial charge in [0, 0.05) is 4.90 Å². The van der Waals surface area contributed by atoms with Crippen LogP contribution in [0, 0.1) is 11.3 Å². The fourth-order valence-corrected chi connectivity index (χ4v) is 1.79. The quantitative estimate of drug-likeness (QED) is 0.647. The number of nitriles is 1. The van der Waals surface area contributed by atoms with E-state index in [4.69, 9.17) is 10.00 Å². The average molecular weight is 235 g/mol. The zero-order chi connectivity index (χ0) is 12.1. The third kappa shape index (κ3) is 2.56.